The van der Waals surface area contributed by atoms with Crippen molar-refractivity contribution in [1.82, 2.24) is 4.90 Å². The van der Waals surface area contributed by atoms with E-state index in [2.05, 4.69) is 42.4 Å². The van der Waals surface area contributed by atoms with Gasteiger partial charge in [-0.15, -0.1) is 0 Å². The van der Waals surface area contributed by atoms with Crippen LogP contribution in [-0.2, 0) is 13.0 Å². The Morgan fingerprint density at radius 2 is 2.11 bits per heavy atom. The third kappa shape index (κ3) is 2.64. The fourth-order valence-electron chi connectivity index (χ4n) is 3.88. The summed E-state index contributed by atoms with van der Waals surface area (Å²) < 4.78 is 0. The van der Waals surface area contributed by atoms with Gasteiger partial charge in [0.1, 0.15) is 0 Å². The lowest BCUT2D eigenvalue weighted by molar-refractivity contribution is 0.133. The van der Waals surface area contributed by atoms with Crippen molar-refractivity contribution in [2.24, 2.45) is 5.92 Å². The van der Waals surface area contributed by atoms with E-state index in [0.29, 0.717) is 0 Å². The molecular formula is C17H26N2. The van der Waals surface area contributed by atoms with Gasteiger partial charge in [0, 0.05) is 24.8 Å². The summed E-state index contributed by atoms with van der Waals surface area (Å²) in [5.41, 5.74) is 4.40. The topological polar surface area (TPSA) is 15.3 Å². The molecule has 2 nitrogen and oxygen atoms in total. The van der Waals surface area contributed by atoms with Crippen LogP contribution < -0.4 is 5.32 Å². The lowest BCUT2D eigenvalue weighted by Gasteiger charge is -2.36. The van der Waals surface area contributed by atoms with Crippen LogP contribution in [0.25, 0.3) is 0 Å². The fourth-order valence-corrected chi connectivity index (χ4v) is 3.88. The molecule has 0 radical (unpaired) electrons. The van der Waals surface area contributed by atoms with Crippen molar-refractivity contribution >= 4 is 5.69 Å². The van der Waals surface area contributed by atoms with Crippen LogP contribution in [0, 0.1) is 5.92 Å². The number of para-hydroxylation sites is 1. The molecule has 1 saturated carbocycles. The minimum atomic E-state index is 0.769. The van der Waals surface area contributed by atoms with Gasteiger partial charge in [-0.3, -0.25) is 4.90 Å². The Labute approximate surface area is 117 Å². The van der Waals surface area contributed by atoms with Crippen LogP contribution in [0.4, 0.5) is 5.69 Å². The number of benzene rings is 1. The van der Waals surface area contributed by atoms with Crippen LogP contribution in [0.3, 0.4) is 0 Å². The number of rotatable bonds is 3. The first-order chi connectivity index (χ1) is 9.25. The highest BCUT2D eigenvalue weighted by atomic mass is 15.1. The van der Waals surface area contributed by atoms with Gasteiger partial charge in [-0.1, -0.05) is 38.0 Å². The number of hydrogen-bond donors (Lipinski definition) is 1. The smallest absolute Gasteiger partial charge is 0.0419 e. The predicted molar refractivity (Wildman–Crippen MR) is 81.5 cm³/mol. The standard InChI is InChI=1S/C17H26N2/c1-13-6-3-4-9-16(13)19(2)12-15-8-5-7-14-10-11-18-17(14)15/h5,7-8,13,16,18H,3-4,6,9-12H2,1-2H3. The average molecular weight is 258 g/mol. The maximum atomic E-state index is 3.56. The highest BCUT2D eigenvalue weighted by molar-refractivity contribution is 5.61. The molecular weight excluding hydrogens is 232 g/mol. The van der Waals surface area contributed by atoms with E-state index >= 15 is 0 Å². The highest BCUT2D eigenvalue weighted by Gasteiger charge is 2.25. The second kappa shape index (κ2) is 5.54. The molecule has 0 saturated heterocycles. The zero-order valence-corrected chi connectivity index (χ0v) is 12.3. The minimum Gasteiger partial charge on any atom is -0.384 e. The maximum absolute atomic E-state index is 3.56. The zero-order chi connectivity index (χ0) is 13.2. The summed E-state index contributed by atoms with van der Waals surface area (Å²) in [6, 6.07) is 7.55. The fraction of sp³-hybridized carbons (Fsp3) is 0.647. The summed E-state index contributed by atoms with van der Waals surface area (Å²) in [5.74, 6) is 0.850. The predicted octanol–water partition coefficient (Wildman–Crippen LogP) is 3.67. The minimum absolute atomic E-state index is 0.769. The normalized spacial score (nSPS) is 26.3. The molecule has 2 aliphatic rings. The number of nitrogens with one attached hydrogen (secondary N) is 1. The van der Waals surface area contributed by atoms with Crippen molar-refractivity contribution in [2.75, 3.05) is 18.9 Å². The van der Waals surface area contributed by atoms with Crippen LogP contribution in [-0.4, -0.2) is 24.5 Å². The lowest BCUT2D eigenvalue weighted by Crippen LogP contribution is -2.38. The molecule has 0 amide bonds. The molecule has 1 aromatic carbocycles. The first-order valence-corrected chi connectivity index (χ1v) is 7.80. The largest absolute Gasteiger partial charge is 0.384 e. The molecule has 0 spiro atoms. The van der Waals surface area contributed by atoms with Gasteiger partial charge < -0.3 is 5.32 Å². The number of hydrogen-bond acceptors (Lipinski definition) is 2. The second-order valence-electron chi connectivity index (χ2n) is 6.37. The summed E-state index contributed by atoms with van der Waals surface area (Å²) >= 11 is 0. The van der Waals surface area contributed by atoms with Crippen LogP contribution in [0.2, 0.25) is 0 Å². The van der Waals surface area contributed by atoms with E-state index in [0.717, 1.165) is 25.0 Å². The number of fused-ring (bicyclic) bond motifs is 1. The average Bonchev–Trinajstić information content (AvgIpc) is 2.88. The lowest BCUT2D eigenvalue weighted by atomic mass is 9.85. The molecule has 1 aliphatic heterocycles. The molecule has 3 rings (SSSR count). The monoisotopic (exact) mass is 258 g/mol. The van der Waals surface area contributed by atoms with Crippen LogP contribution in [0.5, 0.6) is 0 Å². The van der Waals surface area contributed by atoms with Gasteiger partial charge in [0.25, 0.3) is 0 Å². The van der Waals surface area contributed by atoms with Crippen LogP contribution >= 0.6 is 0 Å². The van der Waals surface area contributed by atoms with E-state index in [1.54, 1.807) is 0 Å². The van der Waals surface area contributed by atoms with Crippen molar-refractivity contribution < 1.29 is 0 Å². The Kier molecular flexibility index (Phi) is 3.79. The van der Waals surface area contributed by atoms with Gasteiger partial charge in [0.2, 0.25) is 0 Å². The molecule has 2 atom stereocenters. The SMILES string of the molecule is CC1CCCCC1N(C)Cc1cccc2c1NCC2. The second-order valence-corrected chi connectivity index (χ2v) is 6.37. The summed E-state index contributed by atoms with van der Waals surface area (Å²) in [6.07, 6.45) is 6.80. The maximum Gasteiger partial charge on any atom is 0.0419 e. The third-order valence-corrected chi connectivity index (χ3v) is 4.99. The Hall–Kier alpha value is -1.02. The molecule has 0 aromatic heterocycles. The first-order valence-electron chi connectivity index (χ1n) is 7.80. The van der Waals surface area contributed by atoms with E-state index in [1.807, 2.05) is 0 Å². The molecule has 1 heterocycles. The molecule has 1 aliphatic carbocycles. The molecule has 1 N–H and O–H groups in total. The van der Waals surface area contributed by atoms with Crippen LogP contribution in [0.1, 0.15) is 43.7 Å². The summed E-state index contributed by atoms with van der Waals surface area (Å²) in [7, 11) is 2.31. The Balaban J connectivity index is 1.72. The van der Waals surface area contributed by atoms with Gasteiger partial charge in [-0.25, -0.2) is 0 Å². The van der Waals surface area contributed by atoms with E-state index in [-0.39, 0.29) is 0 Å². The van der Waals surface area contributed by atoms with E-state index in [9.17, 15) is 0 Å². The number of anilines is 1. The summed E-state index contributed by atoms with van der Waals surface area (Å²) in [5, 5.41) is 3.56. The van der Waals surface area contributed by atoms with Gasteiger partial charge in [-0.05, 0) is 43.4 Å². The third-order valence-electron chi connectivity index (χ3n) is 4.99. The van der Waals surface area contributed by atoms with Crippen molar-refractivity contribution in [1.29, 1.82) is 0 Å². The van der Waals surface area contributed by atoms with Crippen molar-refractivity contribution in [3.8, 4) is 0 Å². The van der Waals surface area contributed by atoms with Crippen molar-refractivity contribution in [3.63, 3.8) is 0 Å². The van der Waals surface area contributed by atoms with E-state index in [1.165, 1.54) is 48.9 Å². The van der Waals surface area contributed by atoms with E-state index < -0.39 is 0 Å². The molecule has 1 fully saturated rings. The summed E-state index contributed by atoms with van der Waals surface area (Å²) in [4.78, 5) is 2.58. The van der Waals surface area contributed by atoms with E-state index in [4.69, 9.17) is 0 Å². The van der Waals surface area contributed by atoms with Crippen molar-refractivity contribution in [3.05, 3.63) is 29.3 Å². The van der Waals surface area contributed by atoms with Crippen molar-refractivity contribution in [2.45, 2.75) is 51.6 Å². The van der Waals surface area contributed by atoms with Gasteiger partial charge in [-0.2, -0.15) is 0 Å². The Morgan fingerprint density at radius 3 is 2.95 bits per heavy atom. The molecule has 104 valence electrons. The molecule has 0 bridgehead atoms. The zero-order valence-electron chi connectivity index (χ0n) is 12.3. The Morgan fingerprint density at radius 1 is 1.26 bits per heavy atom. The highest BCUT2D eigenvalue weighted by Crippen LogP contribution is 2.31. The molecule has 19 heavy (non-hydrogen) atoms. The first kappa shape index (κ1) is 13.0. The van der Waals surface area contributed by atoms with Gasteiger partial charge >= 0.3 is 0 Å². The Bertz CT molecular complexity index is 441. The summed E-state index contributed by atoms with van der Waals surface area (Å²) in [6.45, 7) is 4.62. The molecule has 2 heteroatoms. The number of nitrogens with zero attached hydrogens (tertiary/aromatic N) is 1. The quantitative estimate of drug-likeness (QED) is 0.890. The van der Waals surface area contributed by atoms with Crippen LogP contribution in [0.15, 0.2) is 18.2 Å². The molecule has 2 unspecified atom stereocenters. The van der Waals surface area contributed by atoms with Gasteiger partial charge in [0.15, 0.2) is 0 Å². The van der Waals surface area contributed by atoms with Gasteiger partial charge in [0.05, 0.1) is 0 Å². The molecule has 1 aromatic rings.